The first-order valence-electron chi connectivity index (χ1n) is 13.8. The molecule has 0 amide bonds. The van der Waals surface area contributed by atoms with E-state index in [0.717, 1.165) is 50.8 Å². The zero-order chi connectivity index (χ0) is 25.6. The monoisotopic (exact) mass is 485 g/mol. The first-order chi connectivity index (χ1) is 17.6. The van der Waals surface area contributed by atoms with Crippen LogP contribution in [0.4, 0.5) is 0 Å². The second kappa shape index (κ2) is 15.5. The van der Waals surface area contributed by atoms with E-state index in [0.29, 0.717) is 5.92 Å². The lowest BCUT2D eigenvalue weighted by Crippen LogP contribution is -2.37. The van der Waals surface area contributed by atoms with Crippen molar-refractivity contribution in [1.29, 1.82) is 0 Å². The first kappa shape index (κ1) is 28.0. The number of hydrogen-bond donors (Lipinski definition) is 2. The molecule has 2 N–H and O–H groups in total. The van der Waals surface area contributed by atoms with Crippen molar-refractivity contribution in [2.24, 2.45) is 5.92 Å². The van der Waals surface area contributed by atoms with E-state index in [1.807, 2.05) is 13.1 Å². The SMILES string of the molecule is C=CCC(CN(CCNC)C/C(=C/C)c1ccccc1)C(=C)NCc1ccc(C2CCCCC2)cc1. The Bertz CT molecular complexity index is 939. The molecule has 0 heterocycles. The van der Waals surface area contributed by atoms with Crippen molar-refractivity contribution < 1.29 is 0 Å². The number of nitrogens with zero attached hydrogens (tertiary/aromatic N) is 1. The molecule has 3 heteroatoms. The van der Waals surface area contributed by atoms with E-state index < -0.39 is 0 Å². The van der Waals surface area contributed by atoms with Crippen LogP contribution in [0.5, 0.6) is 0 Å². The molecule has 1 saturated carbocycles. The zero-order valence-corrected chi connectivity index (χ0v) is 22.6. The molecule has 0 radical (unpaired) electrons. The van der Waals surface area contributed by atoms with Crippen molar-refractivity contribution >= 4 is 5.57 Å². The van der Waals surface area contributed by atoms with Crippen molar-refractivity contribution in [2.75, 3.05) is 33.2 Å². The minimum atomic E-state index is 0.315. The predicted octanol–water partition coefficient (Wildman–Crippen LogP) is 7.15. The van der Waals surface area contributed by atoms with E-state index in [1.54, 1.807) is 0 Å². The van der Waals surface area contributed by atoms with Gasteiger partial charge in [-0.15, -0.1) is 6.58 Å². The van der Waals surface area contributed by atoms with Gasteiger partial charge in [-0.25, -0.2) is 0 Å². The molecule has 2 aromatic rings. The Balaban J connectivity index is 1.60. The van der Waals surface area contributed by atoms with Gasteiger partial charge in [0.25, 0.3) is 0 Å². The van der Waals surface area contributed by atoms with Crippen molar-refractivity contribution in [1.82, 2.24) is 15.5 Å². The molecule has 0 aliphatic heterocycles. The van der Waals surface area contributed by atoms with Gasteiger partial charge in [-0.05, 0) is 61.4 Å². The molecular weight excluding hydrogens is 438 g/mol. The summed E-state index contributed by atoms with van der Waals surface area (Å²) in [4.78, 5) is 2.54. The van der Waals surface area contributed by atoms with E-state index in [1.165, 1.54) is 54.4 Å². The molecule has 0 saturated heterocycles. The summed E-state index contributed by atoms with van der Waals surface area (Å²) in [6.07, 6.45) is 12.0. The fourth-order valence-corrected chi connectivity index (χ4v) is 5.29. The van der Waals surface area contributed by atoms with Crippen molar-refractivity contribution in [3.05, 3.63) is 102 Å². The Morgan fingerprint density at radius 2 is 1.78 bits per heavy atom. The maximum Gasteiger partial charge on any atom is 0.0397 e. The van der Waals surface area contributed by atoms with Gasteiger partial charge in [0.1, 0.15) is 0 Å². The maximum absolute atomic E-state index is 4.45. The number of allylic oxidation sites excluding steroid dienone is 2. The normalized spacial score (nSPS) is 15.6. The number of rotatable bonds is 15. The van der Waals surface area contributed by atoms with Crippen molar-refractivity contribution in [3.8, 4) is 0 Å². The number of benzene rings is 2. The Kier molecular flexibility index (Phi) is 12.0. The van der Waals surface area contributed by atoms with E-state index in [2.05, 4.69) is 96.3 Å². The van der Waals surface area contributed by atoms with Crippen LogP contribution in [0.3, 0.4) is 0 Å². The average molecular weight is 486 g/mol. The average Bonchev–Trinajstić information content (AvgIpc) is 2.94. The lowest BCUT2D eigenvalue weighted by Gasteiger charge is -2.30. The zero-order valence-electron chi connectivity index (χ0n) is 22.6. The quantitative estimate of drug-likeness (QED) is 0.262. The van der Waals surface area contributed by atoms with Gasteiger partial charge in [0.05, 0.1) is 0 Å². The summed E-state index contributed by atoms with van der Waals surface area (Å²) >= 11 is 0. The minimum Gasteiger partial charge on any atom is -0.384 e. The van der Waals surface area contributed by atoms with Gasteiger partial charge in [-0.3, -0.25) is 4.90 Å². The summed E-state index contributed by atoms with van der Waals surface area (Å²) in [6.45, 7) is 15.3. The lowest BCUT2D eigenvalue weighted by molar-refractivity contribution is 0.268. The smallest absolute Gasteiger partial charge is 0.0397 e. The molecule has 1 atom stereocenters. The molecule has 0 aromatic heterocycles. The van der Waals surface area contributed by atoms with Gasteiger partial charge in [-0.2, -0.15) is 0 Å². The molecule has 1 unspecified atom stereocenters. The van der Waals surface area contributed by atoms with Crippen LogP contribution in [0.1, 0.15) is 68.1 Å². The summed E-state index contributed by atoms with van der Waals surface area (Å²) in [5.74, 6) is 1.07. The maximum atomic E-state index is 4.45. The summed E-state index contributed by atoms with van der Waals surface area (Å²) in [5, 5.41) is 6.96. The lowest BCUT2D eigenvalue weighted by atomic mass is 9.84. The predicted molar refractivity (Wildman–Crippen MR) is 157 cm³/mol. The number of hydrogen-bond acceptors (Lipinski definition) is 3. The van der Waals surface area contributed by atoms with Crippen LogP contribution < -0.4 is 10.6 Å². The van der Waals surface area contributed by atoms with Gasteiger partial charge < -0.3 is 10.6 Å². The van der Waals surface area contributed by atoms with Crippen LogP contribution in [0.25, 0.3) is 5.57 Å². The fraction of sp³-hybridized carbons (Fsp3) is 0.455. The highest BCUT2D eigenvalue weighted by atomic mass is 15.1. The third-order valence-electron chi connectivity index (χ3n) is 7.56. The van der Waals surface area contributed by atoms with Crippen LogP contribution in [-0.2, 0) is 6.54 Å². The second-order valence-corrected chi connectivity index (χ2v) is 10.2. The molecule has 1 fully saturated rings. The highest BCUT2D eigenvalue weighted by Gasteiger charge is 2.18. The Labute approximate surface area is 220 Å². The number of nitrogens with one attached hydrogen (secondary N) is 2. The van der Waals surface area contributed by atoms with Crippen LogP contribution in [0.15, 0.2) is 85.6 Å². The van der Waals surface area contributed by atoms with Gasteiger partial charge >= 0.3 is 0 Å². The Morgan fingerprint density at radius 3 is 2.42 bits per heavy atom. The standard InChI is InChI=1S/C33H47N3/c1-5-13-33(26-36(23-22-34-4)25-29(6-2)30-14-9-7-10-15-30)27(3)35-24-28-18-20-32(21-19-28)31-16-11-8-12-17-31/h5-7,9-10,14-15,18-21,31,33-35H,1,3,8,11-13,16-17,22-26H2,2,4H3/b29-6-. The third kappa shape index (κ3) is 8.80. The van der Waals surface area contributed by atoms with Crippen LogP contribution in [0, 0.1) is 5.92 Å². The second-order valence-electron chi connectivity index (χ2n) is 10.2. The highest BCUT2D eigenvalue weighted by Crippen LogP contribution is 2.32. The summed E-state index contributed by atoms with van der Waals surface area (Å²) in [6, 6.07) is 20.0. The minimum absolute atomic E-state index is 0.315. The molecule has 3 rings (SSSR count). The highest BCUT2D eigenvalue weighted by molar-refractivity contribution is 5.66. The molecule has 1 aliphatic rings. The molecule has 1 aliphatic carbocycles. The summed E-state index contributed by atoms with van der Waals surface area (Å²) in [5.41, 5.74) is 6.59. The van der Waals surface area contributed by atoms with E-state index in [9.17, 15) is 0 Å². The third-order valence-corrected chi connectivity index (χ3v) is 7.56. The molecular formula is C33H47N3. The van der Waals surface area contributed by atoms with Crippen LogP contribution >= 0.6 is 0 Å². The molecule has 3 nitrogen and oxygen atoms in total. The topological polar surface area (TPSA) is 27.3 Å². The van der Waals surface area contributed by atoms with Gasteiger partial charge in [0, 0.05) is 44.3 Å². The van der Waals surface area contributed by atoms with Crippen molar-refractivity contribution in [3.63, 3.8) is 0 Å². The summed E-state index contributed by atoms with van der Waals surface area (Å²) in [7, 11) is 2.02. The Hall–Kier alpha value is -2.62. The van der Waals surface area contributed by atoms with Gasteiger partial charge in [0.15, 0.2) is 0 Å². The Morgan fingerprint density at radius 1 is 1.06 bits per heavy atom. The van der Waals surface area contributed by atoms with Gasteiger partial charge in [0.2, 0.25) is 0 Å². The van der Waals surface area contributed by atoms with E-state index >= 15 is 0 Å². The molecule has 2 aromatic carbocycles. The molecule has 194 valence electrons. The van der Waals surface area contributed by atoms with Crippen LogP contribution in [-0.4, -0.2) is 38.1 Å². The number of likely N-dealkylation sites (N-methyl/N-ethyl adjacent to an activating group) is 1. The first-order valence-corrected chi connectivity index (χ1v) is 13.8. The molecule has 36 heavy (non-hydrogen) atoms. The molecule has 0 spiro atoms. The van der Waals surface area contributed by atoms with Crippen LogP contribution in [0.2, 0.25) is 0 Å². The molecule has 0 bridgehead atoms. The van der Waals surface area contributed by atoms with Crippen molar-refractivity contribution in [2.45, 2.75) is 57.9 Å². The van der Waals surface area contributed by atoms with Gasteiger partial charge in [-0.1, -0.05) is 92.6 Å². The summed E-state index contributed by atoms with van der Waals surface area (Å²) < 4.78 is 0. The fourth-order valence-electron chi connectivity index (χ4n) is 5.29. The van der Waals surface area contributed by atoms with E-state index in [-0.39, 0.29) is 0 Å². The largest absolute Gasteiger partial charge is 0.384 e. The van der Waals surface area contributed by atoms with E-state index in [4.69, 9.17) is 0 Å².